The van der Waals surface area contributed by atoms with E-state index in [0.717, 1.165) is 68.9 Å². The van der Waals surface area contributed by atoms with Crippen LogP contribution in [0, 0.1) is 17.8 Å². The quantitative estimate of drug-likeness (QED) is 0.191. The highest BCUT2D eigenvalue weighted by molar-refractivity contribution is 5.85. The van der Waals surface area contributed by atoms with Crippen LogP contribution in [-0.2, 0) is 33.8 Å². The van der Waals surface area contributed by atoms with Crippen LogP contribution in [0.1, 0.15) is 68.6 Å². The molecule has 2 aromatic carbocycles. The van der Waals surface area contributed by atoms with Crippen LogP contribution in [0.5, 0.6) is 5.75 Å². The van der Waals surface area contributed by atoms with Gasteiger partial charge >= 0.3 is 5.97 Å². The van der Waals surface area contributed by atoms with Crippen molar-refractivity contribution in [2.75, 3.05) is 13.2 Å². The van der Waals surface area contributed by atoms with Crippen molar-refractivity contribution in [2.45, 2.75) is 89.6 Å². The van der Waals surface area contributed by atoms with Crippen LogP contribution in [-0.4, -0.2) is 58.7 Å². The molecular formula is C33H45NO7. The summed E-state index contributed by atoms with van der Waals surface area (Å²) in [5, 5.41) is 33.5. The van der Waals surface area contributed by atoms with Crippen LogP contribution >= 0.6 is 0 Å². The number of rotatable bonds is 15. The Kier molecular flexibility index (Phi) is 11.6. The predicted molar refractivity (Wildman–Crippen MR) is 155 cm³/mol. The molecule has 0 saturated heterocycles. The number of esters is 1. The van der Waals surface area contributed by atoms with Gasteiger partial charge in [0.15, 0.2) is 12.6 Å². The summed E-state index contributed by atoms with van der Waals surface area (Å²) in [6.07, 6.45) is 7.40. The van der Waals surface area contributed by atoms with Crippen molar-refractivity contribution < 1.29 is 34.4 Å². The highest BCUT2D eigenvalue weighted by Gasteiger charge is 2.44. The monoisotopic (exact) mass is 567 g/mol. The number of hydrogen-bond donors (Lipinski definition) is 4. The fraction of sp³-hybridized carbons (Fsp3) is 0.576. The number of benzene rings is 2. The lowest BCUT2D eigenvalue weighted by Gasteiger charge is -2.32. The fourth-order valence-electron chi connectivity index (χ4n) is 6.49. The van der Waals surface area contributed by atoms with Crippen LogP contribution in [0.3, 0.4) is 0 Å². The largest absolute Gasteiger partial charge is 0.483 e. The van der Waals surface area contributed by atoms with E-state index in [2.05, 4.69) is 18.3 Å². The summed E-state index contributed by atoms with van der Waals surface area (Å²) >= 11 is 0. The van der Waals surface area contributed by atoms with Crippen molar-refractivity contribution in [3.63, 3.8) is 0 Å². The van der Waals surface area contributed by atoms with Crippen molar-refractivity contribution in [3.05, 3.63) is 65.2 Å². The molecule has 0 aliphatic heterocycles. The van der Waals surface area contributed by atoms with Gasteiger partial charge in [0.1, 0.15) is 12.4 Å². The summed E-state index contributed by atoms with van der Waals surface area (Å²) in [7, 11) is 0. The number of unbranched alkanes of at least 4 members (excludes halogenated alkanes) is 2. The maximum atomic E-state index is 12.6. The molecular weight excluding hydrogens is 522 g/mol. The van der Waals surface area contributed by atoms with Gasteiger partial charge in [-0.3, -0.25) is 4.79 Å². The summed E-state index contributed by atoms with van der Waals surface area (Å²) in [6.45, 7) is 1.33. The number of carbonyl (C=O) groups excluding carboxylic acids is 2. The zero-order valence-corrected chi connectivity index (χ0v) is 24.0. The van der Waals surface area contributed by atoms with Gasteiger partial charge in [-0.1, -0.05) is 68.7 Å². The first-order valence-corrected chi connectivity index (χ1v) is 15.1. The number of hydrogen-bond acceptors (Lipinski definition) is 7. The van der Waals surface area contributed by atoms with Gasteiger partial charge in [-0.15, -0.1) is 0 Å². The molecule has 0 bridgehead atoms. The van der Waals surface area contributed by atoms with E-state index in [-0.39, 0.29) is 31.3 Å². The van der Waals surface area contributed by atoms with Crippen LogP contribution in [0.4, 0.5) is 0 Å². The SMILES string of the molecule is CCCCC[C@H](O)CC[C@@H]1[C@H]2Cc3cccc(OCC(=O)NC(CO)C(=O)OCc4ccccc4)c3C[C@H]2C[C@H]1O. The summed E-state index contributed by atoms with van der Waals surface area (Å²) in [6, 6.07) is 13.9. The van der Waals surface area contributed by atoms with Crippen molar-refractivity contribution in [1.82, 2.24) is 5.32 Å². The Hall–Kier alpha value is -2.94. The van der Waals surface area contributed by atoms with Gasteiger partial charge in [0, 0.05) is 0 Å². The van der Waals surface area contributed by atoms with E-state index in [4.69, 9.17) is 9.47 Å². The van der Waals surface area contributed by atoms with E-state index >= 15 is 0 Å². The topological polar surface area (TPSA) is 125 Å². The fourth-order valence-corrected chi connectivity index (χ4v) is 6.49. The van der Waals surface area contributed by atoms with Gasteiger partial charge in [-0.05, 0) is 79.0 Å². The van der Waals surface area contributed by atoms with E-state index < -0.39 is 24.5 Å². The molecule has 4 rings (SSSR count). The molecule has 1 unspecified atom stereocenters. The molecule has 224 valence electrons. The second-order valence-electron chi connectivity index (χ2n) is 11.6. The molecule has 0 heterocycles. The van der Waals surface area contributed by atoms with Crippen LogP contribution in [0.15, 0.2) is 48.5 Å². The molecule has 4 N–H and O–H groups in total. The number of carbonyl (C=O) groups is 2. The van der Waals surface area contributed by atoms with Crippen molar-refractivity contribution in [3.8, 4) is 5.75 Å². The van der Waals surface area contributed by atoms with Crippen LogP contribution < -0.4 is 10.1 Å². The van der Waals surface area contributed by atoms with Gasteiger partial charge < -0.3 is 30.1 Å². The lowest BCUT2D eigenvalue weighted by Crippen LogP contribution is -2.46. The average Bonchev–Trinajstić information content (AvgIpc) is 3.29. The standard InChI is InChI=1S/C33H45NO7/c1-2-3-5-12-25(36)14-15-26-27-16-23-11-8-13-31(28(23)17-24(27)18-30(26)37)40-21-32(38)34-29(19-35)33(39)41-20-22-9-6-4-7-10-22/h4,6-11,13,24-27,29-30,35-37H,2-3,5,12,14-21H2,1H3,(H,34,38)/t24-,25-,26+,27-,29?,30+/m0/s1. The number of aliphatic hydroxyl groups excluding tert-OH is 3. The van der Waals surface area contributed by atoms with E-state index in [9.17, 15) is 24.9 Å². The normalized spacial score (nSPS) is 22.7. The summed E-state index contributed by atoms with van der Waals surface area (Å²) in [5.74, 6) is 0.271. The summed E-state index contributed by atoms with van der Waals surface area (Å²) in [4.78, 5) is 25.0. The second-order valence-corrected chi connectivity index (χ2v) is 11.6. The van der Waals surface area contributed by atoms with Crippen molar-refractivity contribution >= 4 is 11.9 Å². The Morgan fingerprint density at radius 2 is 1.85 bits per heavy atom. The van der Waals surface area contributed by atoms with Crippen molar-refractivity contribution in [2.24, 2.45) is 17.8 Å². The number of ether oxygens (including phenoxy) is 2. The minimum Gasteiger partial charge on any atom is -0.483 e. The first kappa shape index (κ1) is 31.0. The number of amides is 1. The molecule has 1 saturated carbocycles. The molecule has 0 aromatic heterocycles. The molecule has 41 heavy (non-hydrogen) atoms. The molecule has 6 atom stereocenters. The summed E-state index contributed by atoms with van der Waals surface area (Å²) < 4.78 is 11.1. The third kappa shape index (κ3) is 8.53. The number of nitrogens with one attached hydrogen (secondary N) is 1. The molecule has 1 fully saturated rings. The van der Waals surface area contributed by atoms with E-state index in [1.807, 2.05) is 42.5 Å². The predicted octanol–water partition coefficient (Wildman–Crippen LogP) is 3.72. The van der Waals surface area contributed by atoms with E-state index in [1.165, 1.54) is 5.56 Å². The molecule has 8 heteroatoms. The molecule has 1 amide bonds. The third-order valence-corrected chi connectivity index (χ3v) is 8.71. The smallest absolute Gasteiger partial charge is 0.331 e. The Balaban J connectivity index is 1.29. The van der Waals surface area contributed by atoms with Gasteiger partial charge in [-0.2, -0.15) is 0 Å². The first-order valence-electron chi connectivity index (χ1n) is 15.1. The lowest BCUT2D eigenvalue weighted by atomic mass is 9.73. The molecule has 0 radical (unpaired) electrons. The Bertz CT molecular complexity index is 1120. The maximum Gasteiger partial charge on any atom is 0.331 e. The molecule has 2 aliphatic carbocycles. The molecule has 8 nitrogen and oxygen atoms in total. The number of aliphatic hydroxyl groups is 3. The second kappa shape index (κ2) is 15.3. The minimum atomic E-state index is -1.18. The van der Waals surface area contributed by atoms with E-state index in [0.29, 0.717) is 17.6 Å². The van der Waals surface area contributed by atoms with Gasteiger partial charge in [0.05, 0.1) is 18.8 Å². The van der Waals surface area contributed by atoms with Gasteiger partial charge in [0.2, 0.25) is 0 Å². The highest BCUT2D eigenvalue weighted by atomic mass is 16.5. The van der Waals surface area contributed by atoms with Gasteiger partial charge in [0.25, 0.3) is 5.91 Å². The van der Waals surface area contributed by atoms with Crippen molar-refractivity contribution in [1.29, 1.82) is 0 Å². The number of fused-ring (bicyclic) bond motifs is 2. The Labute approximate surface area is 243 Å². The highest BCUT2D eigenvalue weighted by Crippen LogP contribution is 2.48. The first-order chi connectivity index (χ1) is 19.9. The van der Waals surface area contributed by atoms with Crippen LogP contribution in [0.25, 0.3) is 0 Å². The molecule has 2 aliphatic rings. The lowest BCUT2D eigenvalue weighted by molar-refractivity contribution is -0.150. The molecule has 0 spiro atoms. The van der Waals surface area contributed by atoms with Gasteiger partial charge in [-0.25, -0.2) is 4.79 Å². The average molecular weight is 568 g/mol. The zero-order chi connectivity index (χ0) is 29.2. The minimum absolute atomic E-state index is 0.0515. The Morgan fingerprint density at radius 3 is 2.61 bits per heavy atom. The third-order valence-electron chi connectivity index (χ3n) is 8.71. The zero-order valence-electron chi connectivity index (χ0n) is 24.0. The maximum absolute atomic E-state index is 12.6. The Morgan fingerprint density at radius 1 is 1.05 bits per heavy atom. The molecule has 2 aromatic rings. The summed E-state index contributed by atoms with van der Waals surface area (Å²) in [5.41, 5.74) is 3.05. The van der Waals surface area contributed by atoms with Crippen LogP contribution in [0.2, 0.25) is 0 Å². The van der Waals surface area contributed by atoms with E-state index in [1.54, 1.807) is 0 Å².